The summed E-state index contributed by atoms with van der Waals surface area (Å²) in [5, 5.41) is 6.14. The predicted octanol–water partition coefficient (Wildman–Crippen LogP) is 5.09. The first-order valence-corrected chi connectivity index (χ1v) is 12.3. The lowest BCUT2D eigenvalue weighted by Gasteiger charge is -2.14. The molecule has 10 heteroatoms. The highest BCUT2D eigenvalue weighted by Crippen LogP contribution is 2.30. The first-order valence-electron chi connectivity index (χ1n) is 12.3. The third kappa shape index (κ3) is 6.44. The van der Waals surface area contributed by atoms with E-state index in [4.69, 9.17) is 9.47 Å². The molecular formula is C28H33F2N5O3. The van der Waals surface area contributed by atoms with E-state index in [0.717, 1.165) is 12.0 Å². The number of hydrogen-bond donors (Lipinski definition) is 2. The third-order valence-corrected chi connectivity index (χ3v) is 5.91. The van der Waals surface area contributed by atoms with Gasteiger partial charge in [0.2, 0.25) is 5.82 Å². The lowest BCUT2D eigenvalue weighted by atomic mass is 10.0. The van der Waals surface area contributed by atoms with Crippen LogP contribution >= 0.6 is 0 Å². The summed E-state index contributed by atoms with van der Waals surface area (Å²) < 4.78 is 40.8. The van der Waals surface area contributed by atoms with Crippen LogP contribution in [0, 0.1) is 11.6 Å². The number of carbonyl (C=O) groups is 1. The summed E-state index contributed by atoms with van der Waals surface area (Å²) in [6.45, 7) is 9.35. The number of ether oxygens (including phenoxy) is 2. The van der Waals surface area contributed by atoms with Gasteiger partial charge < -0.3 is 24.7 Å². The number of aliphatic imine (C=N–C) groups is 1. The standard InChI is InChI=1S/C28H33F2N5O3/c1-6-18-16-19(10-11-20(18)28(36)32-14-9-15-38-8-3)34-26(31-7-2)27-33-17-22(35(27)4)21-12-13-23(37-5)25(30)24(21)29/h7,10-13,16-17H,2,6,8-9,14-15H2,1,3-5H3,(H,31,34)(H,32,36). The Morgan fingerprint density at radius 3 is 2.68 bits per heavy atom. The molecule has 3 aromatic rings. The Balaban J connectivity index is 1.84. The number of amidine groups is 1. The first kappa shape index (κ1) is 28.5. The Hall–Kier alpha value is -4.05. The topological polar surface area (TPSA) is 89.8 Å². The maximum atomic E-state index is 14.7. The number of benzene rings is 2. The Labute approximate surface area is 221 Å². The fourth-order valence-electron chi connectivity index (χ4n) is 3.94. The Morgan fingerprint density at radius 2 is 2.00 bits per heavy atom. The monoisotopic (exact) mass is 525 g/mol. The van der Waals surface area contributed by atoms with Crippen molar-refractivity contribution in [2.75, 3.05) is 32.2 Å². The minimum absolute atomic E-state index is 0.0346. The van der Waals surface area contributed by atoms with E-state index in [9.17, 15) is 13.6 Å². The molecule has 0 spiro atoms. The Kier molecular flexibility index (Phi) is 10.1. The largest absolute Gasteiger partial charge is 0.494 e. The number of imidazole rings is 1. The molecule has 38 heavy (non-hydrogen) atoms. The van der Waals surface area contributed by atoms with Gasteiger partial charge >= 0.3 is 0 Å². The molecule has 0 atom stereocenters. The van der Waals surface area contributed by atoms with E-state index < -0.39 is 11.6 Å². The molecule has 0 aliphatic rings. The van der Waals surface area contributed by atoms with Gasteiger partial charge in [-0.3, -0.25) is 4.79 Å². The second-order valence-corrected chi connectivity index (χ2v) is 8.29. The molecule has 1 aromatic heterocycles. The molecule has 202 valence electrons. The van der Waals surface area contributed by atoms with Gasteiger partial charge in [-0.1, -0.05) is 13.5 Å². The molecule has 0 saturated heterocycles. The van der Waals surface area contributed by atoms with Crippen molar-refractivity contribution < 1.29 is 23.0 Å². The minimum atomic E-state index is -1.07. The van der Waals surface area contributed by atoms with Gasteiger partial charge in [-0.25, -0.2) is 14.4 Å². The number of nitrogens with zero attached hydrogens (tertiary/aromatic N) is 3. The normalized spacial score (nSPS) is 11.4. The molecule has 0 fully saturated rings. The quantitative estimate of drug-likeness (QED) is 0.195. The van der Waals surface area contributed by atoms with E-state index in [1.807, 2.05) is 19.9 Å². The zero-order valence-corrected chi connectivity index (χ0v) is 22.1. The molecule has 0 bridgehead atoms. The minimum Gasteiger partial charge on any atom is -0.494 e. The van der Waals surface area contributed by atoms with E-state index in [0.29, 0.717) is 54.8 Å². The molecule has 0 saturated carbocycles. The first-order chi connectivity index (χ1) is 18.4. The summed E-state index contributed by atoms with van der Waals surface area (Å²) in [6.07, 6.45) is 4.17. The van der Waals surface area contributed by atoms with Gasteiger partial charge in [-0.2, -0.15) is 4.39 Å². The van der Waals surface area contributed by atoms with Crippen LogP contribution in [-0.4, -0.2) is 48.2 Å². The van der Waals surface area contributed by atoms with E-state index in [1.165, 1.54) is 31.6 Å². The molecule has 2 aromatic carbocycles. The van der Waals surface area contributed by atoms with Crippen molar-refractivity contribution in [2.45, 2.75) is 26.7 Å². The number of aromatic nitrogens is 2. The van der Waals surface area contributed by atoms with Gasteiger partial charge in [0.05, 0.1) is 19.0 Å². The van der Waals surface area contributed by atoms with Gasteiger partial charge in [-0.05, 0) is 55.7 Å². The highest BCUT2D eigenvalue weighted by atomic mass is 19.2. The number of methoxy groups -OCH3 is 1. The summed E-state index contributed by atoms with van der Waals surface area (Å²) in [5.41, 5.74) is 2.51. The van der Waals surface area contributed by atoms with Crippen LogP contribution in [0.25, 0.3) is 11.3 Å². The van der Waals surface area contributed by atoms with Crippen molar-refractivity contribution in [2.24, 2.45) is 12.0 Å². The Bertz CT molecular complexity index is 1320. The zero-order valence-electron chi connectivity index (χ0n) is 22.1. The van der Waals surface area contributed by atoms with E-state index in [-0.39, 0.29) is 17.2 Å². The molecule has 0 aliphatic carbocycles. The number of aryl methyl sites for hydroxylation is 1. The fourth-order valence-corrected chi connectivity index (χ4v) is 3.94. The van der Waals surface area contributed by atoms with Crippen LogP contribution in [0.2, 0.25) is 0 Å². The number of carbonyl (C=O) groups excluding carboxylic acids is 1. The predicted molar refractivity (Wildman–Crippen MR) is 145 cm³/mol. The molecule has 0 unspecified atom stereocenters. The fraction of sp³-hybridized carbons (Fsp3) is 0.321. The molecule has 1 heterocycles. The van der Waals surface area contributed by atoms with Crippen LogP contribution in [0.5, 0.6) is 5.75 Å². The SMILES string of the molecule is C=CN=C(Nc1ccc(C(=O)NCCCOCC)c(CC)c1)c1ncc(-c2ccc(OC)c(F)c2F)n1C. The van der Waals surface area contributed by atoms with Crippen molar-refractivity contribution >= 4 is 17.4 Å². The summed E-state index contributed by atoms with van der Waals surface area (Å²) in [4.78, 5) is 21.4. The van der Waals surface area contributed by atoms with Crippen LogP contribution in [0.15, 0.2) is 54.3 Å². The van der Waals surface area contributed by atoms with Crippen molar-refractivity contribution in [3.8, 4) is 17.0 Å². The van der Waals surface area contributed by atoms with Crippen molar-refractivity contribution in [3.05, 3.63) is 77.9 Å². The summed E-state index contributed by atoms with van der Waals surface area (Å²) in [7, 11) is 2.95. The van der Waals surface area contributed by atoms with Crippen molar-refractivity contribution in [3.63, 3.8) is 0 Å². The molecule has 3 rings (SSSR count). The van der Waals surface area contributed by atoms with Gasteiger partial charge in [0, 0.05) is 49.8 Å². The highest BCUT2D eigenvalue weighted by molar-refractivity contribution is 6.07. The maximum Gasteiger partial charge on any atom is 0.251 e. The zero-order chi connectivity index (χ0) is 27.7. The molecule has 0 radical (unpaired) electrons. The highest BCUT2D eigenvalue weighted by Gasteiger charge is 2.21. The molecule has 2 N–H and O–H groups in total. The number of anilines is 1. The van der Waals surface area contributed by atoms with Crippen LogP contribution in [0.3, 0.4) is 0 Å². The average Bonchev–Trinajstić information content (AvgIpc) is 3.30. The Morgan fingerprint density at radius 1 is 1.21 bits per heavy atom. The maximum absolute atomic E-state index is 14.7. The van der Waals surface area contributed by atoms with Gasteiger partial charge in [-0.15, -0.1) is 0 Å². The van der Waals surface area contributed by atoms with Crippen LogP contribution in [0.1, 0.15) is 42.0 Å². The summed E-state index contributed by atoms with van der Waals surface area (Å²) >= 11 is 0. The number of rotatable bonds is 12. The van der Waals surface area contributed by atoms with Crippen LogP contribution in [-0.2, 0) is 18.2 Å². The number of amides is 1. The van der Waals surface area contributed by atoms with Gasteiger partial charge in [0.1, 0.15) is 0 Å². The van der Waals surface area contributed by atoms with E-state index in [1.54, 1.807) is 23.7 Å². The summed E-state index contributed by atoms with van der Waals surface area (Å²) in [6, 6.07) is 8.19. The van der Waals surface area contributed by atoms with E-state index >= 15 is 0 Å². The smallest absolute Gasteiger partial charge is 0.251 e. The van der Waals surface area contributed by atoms with Crippen LogP contribution < -0.4 is 15.4 Å². The number of nitrogens with one attached hydrogen (secondary N) is 2. The molecular weight excluding hydrogens is 492 g/mol. The van der Waals surface area contributed by atoms with Crippen molar-refractivity contribution in [1.82, 2.24) is 14.9 Å². The van der Waals surface area contributed by atoms with Crippen LogP contribution in [0.4, 0.5) is 14.5 Å². The summed E-state index contributed by atoms with van der Waals surface area (Å²) in [5.74, 6) is -1.71. The van der Waals surface area contributed by atoms with E-state index in [2.05, 4.69) is 27.2 Å². The lowest BCUT2D eigenvalue weighted by Crippen LogP contribution is -2.26. The second kappa shape index (κ2) is 13.5. The second-order valence-electron chi connectivity index (χ2n) is 8.29. The number of hydrogen-bond acceptors (Lipinski definition) is 5. The van der Waals surface area contributed by atoms with Crippen molar-refractivity contribution in [1.29, 1.82) is 0 Å². The molecule has 1 amide bonds. The average molecular weight is 526 g/mol. The van der Waals surface area contributed by atoms with Gasteiger partial charge in [0.25, 0.3) is 5.91 Å². The number of halogens is 2. The third-order valence-electron chi connectivity index (χ3n) is 5.91. The molecule has 8 nitrogen and oxygen atoms in total. The lowest BCUT2D eigenvalue weighted by molar-refractivity contribution is 0.0943. The molecule has 0 aliphatic heterocycles. The van der Waals surface area contributed by atoms with Gasteiger partial charge in [0.15, 0.2) is 23.2 Å².